The molecule has 0 aliphatic carbocycles. The van der Waals surface area contributed by atoms with Crippen molar-refractivity contribution in [2.75, 3.05) is 26.2 Å². The zero-order valence-electron chi connectivity index (χ0n) is 16.0. The number of rotatable bonds is 3. The molecular formula is C24H22N2O2S. The summed E-state index contributed by atoms with van der Waals surface area (Å²) in [6, 6.07) is 25.1. The molecule has 4 rings (SSSR count). The number of piperazine rings is 1. The molecule has 4 nitrogen and oxygen atoms in total. The van der Waals surface area contributed by atoms with Crippen LogP contribution in [0.25, 0.3) is 11.1 Å². The van der Waals surface area contributed by atoms with E-state index >= 15 is 0 Å². The van der Waals surface area contributed by atoms with E-state index in [1.165, 1.54) is 0 Å². The fourth-order valence-electron chi connectivity index (χ4n) is 3.56. The van der Waals surface area contributed by atoms with E-state index in [-0.39, 0.29) is 11.8 Å². The lowest BCUT2D eigenvalue weighted by Gasteiger charge is -2.35. The van der Waals surface area contributed by atoms with Gasteiger partial charge in [-0.1, -0.05) is 54.6 Å². The highest BCUT2D eigenvalue weighted by Crippen LogP contribution is 2.21. The van der Waals surface area contributed by atoms with Crippen molar-refractivity contribution < 1.29 is 9.59 Å². The first-order valence-corrected chi connectivity index (χ1v) is 10.1. The summed E-state index contributed by atoms with van der Waals surface area (Å²) in [7, 11) is 0. The summed E-state index contributed by atoms with van der Waals surface area (Å²) in [6.07, 6.45) is 0. The zero-order chi connectivity index (χ0) is 20.2. The van der Waals surface area contributed by atoms with E-state index in [4.69, 9.17) is 0 Å². The van der Waals surface area contributed by atoms with Gasteiger partial charge < -0.3 is 9.80 Å². The largest absolute Gasteiger partial charge is 0.335 e. The van der Waals surface area contributed by atoms with Crippen molar-refractivity contribution in [2.24, 2.45) is 0 Å². The first-order chi connectivity index (χ1) is 14.1. The number of thiol groups is 1. The summed E-state index contributed by atoms with van der Waals surface area (Å²) in [6.45, 7) is 2.10. The van der Waals surface area contributed by atoms with Crippen molar-refractivity contribution in [3.63, 3.8) is 0 Å². The molecule has 1 fully saturated rings. The summed E-state index contributed by atoms with van der Waals surface area (Å²) >= 11 is 4.38. The predicted octanol–water partition coefficient (Wildman–Crippen LogP) is 4.24. The number of carbonyl (C=O) groups is 2. The molecular weight excluding hydrogens is 380 g/mol. The van der Waals surface area contributed by atoms with Gasteiger partial charge in [-0.25, -0.2) is 0 Å². The van der Waals surface area contributed by atoms with Crippen molar-refractivity contribution >= 4 is 24.4 Å². The monoisotopic (exact) mass is 402 g/mol. The molecule has 0 radical (unpaired) electrons. The standard InChI is InChI=1S/C24H22N2O2S/c27-23(20-12-10-19(11-13-20)18-6-2-1-3-7-18)25-14-16-26(17-15-25)24(28)21-8-4-5-9-22(21)29/h1-13,29H,14-17H2. The number of carbonyl (C=O) groups excluding carboxylic acids is 2. The Balaban J connectivity index is 1.39. The fraction of sp³-hybridized carbons (Fsp3) is 0.167. The van der Waals surface area contributed by atoms with Crippen molar-refractivity contribution in [2.45, 2.75) is 4.90 Å². The number of nitrogens with zero attached hydrogens (tertiary/aromatic N) is 2. The molecule has 1 saturated heterocycles. The van der Waals surface area contributed by atoms with Crippen LogP contribution in [0, 0.1) is 0 Å². The van der Waals surface area contributed by atoms with Gasteiger partial charge in [-0.15, -0.1) is 12.6 Å². The maximum atomic E-state index is 12.9. The highest BCUT2D eigenvalue weighted by Gasteiger charge is 2.26. The lowest BCUT2D eigenvalue weighted by molar-refractivity contribution is 0.0533. The maximum absolute atomic E-state index is 12.9. The first-order valence-electron chi connectivity index (χ1n) is 9.65. The molecule has 0 spiro atoms. The highest BCUT2D eigenvalue weighted by atomic mass is 32.1. The number of amides is 2. The molecule has 2 amide bonds. The van der Waals surface area contributed by atoms with E-state index in [2.05, 4.69) is 24.8 Å². The minimum absolute atomic E-state index is 0.00584. The van der Waals surface area contributed by atoms with E-state index < -0.39 is 0 Å². The van der Waals surface area contributed by atoms with Gasteiger partial charge in [-0.3, -0.25) is 9.59 Å². The quantitative estimate of drug-likeness (QED) is 0.666. The van der Waals surface area contributed by atoms with E-state index in [1.807, 2.05) is 65.6 Å². The molecule has 0 atom stereocenters. The molecule has 1 aliphatic heterocycles. The molecule has 0 saturated carbocycles. The molecule has 1 aliphatic rings. The third-order valence-electron chi connectivity index (χ3n) is 5.23. The Kier molecular flexibility index (Phi) is 5.67. The van der Waals surface area contributed by atoms with Crippen LogP contribution in [-0.4, -0.2) is 47.8 Å². The summed E-state index contributed by atoms with van der Waals surface area (Å²) in [4.78, 5) is 29.8. The predicted molar refractivity (Wildman–Crippen MR) is 117 cm³/mol. The Hall–Kier alpha value is -3.05. The molecule has 0 aromatic heterocycles. The fourth-order valence-corrected chi connectivity index (χ4v) is 3.81. The van der Waals surface area contributed by atoms with Crippen molar-refractivity contribution in [1.29, 1.82) is 0 Å². The van der Waals surface area contributed by atoms with Crippen LogP contribution < -0.4 is 0 Å². The average Bonchev–Trinajstić information content (AvgIpc) is 2.79. The van der Waals surface area contributed by atoms with Gasteiger partial charge in [0.2, 0.25) is 0 Å². The molecule has 146 valence electrons. The Bertz CT molecular complexity index is 1010. The summed E-state index contributed by atoms with van der Waals surface area (Å²) in [5, 5.41) is 0. The molecule has 5 heteroatoms. The van der Waals surface area contributed by atoms with Crippen molar-refractivity contribution in [3.05, 3.63) is 90.0 Å². The molecule has 0 unspecified atom stereocenters. The summed E-state index contributed by atoms with van der Waals surface area (Å²) in [5.74, 6) is -0.0266. The minimum atomic E-state index is -0.0325. The molecule has 1 heterocycles. The van der Waals surface area contributed by atoms with Crippen molar-refractivity contribution in [1.82, 2.24) is 9.80 Å². The Morgan fingerprint density at radius 1 is 0.621 bits per heavy atom. The molecule has 3 aromatic rings. The van der Waals surface area contributed by atoms with Crippen LogP contribution >= 0.6 is 12.6 Å². The van der Waals surface area contributed by atoms with Gasteiger partial charge in [0.1, 0.15) is 0 Å². The second-order valence-corrected chi connectivity index (χ2v) is 7.53. The Labute approximate surface area is 176 Å². The summed E-state index contributed by atoms with van der Waals surface area (Å²) < 4.78 is 0. The van der Waals surface area contributed by atoms with Gasteiger partial charge >= 0.3 is 0 Å². The lowest BCUT2D eigenvalue weighted by Crippen LogP contribution is -2.50. The SMILES string of the molecule is O=C(c1ccc(-c2ccccc2)cc1)N1CCN(C(=O)c2ccccc2S)CC1. The highest BCUT2D eigenvalue weighted by molar-refractivity contribution is 7.80. The van der Waals surface area contributed by atoms with E-state index in [0.717, 1.165) is 11.1 Å². The van der Waals surface area contributed by atoms with Gasteiger partial charge in [-0.05, 0) is 35.4 Å². The van der Waals surface area contributed by atoms with Crippen LogP contribution in [0.15, 0.2) is 83.8 Å². The molecule has 0 bridgehead atoms. The zero-order valence-corrected chi connectivity index (χ0v) is 16.9. The smallest absolute Gasteiger partial charge is 0.255 e. The lowest BCUT2D eigenvalue weighted by atomic mass is 10.0. The van der Waals surface area contributed by atoms with Crippen LogP contribution in [0.3, 0.4) is 0 Å². The van der Waals surface area contributed by atoms with Crippen LogP contribution in [0.5, 0.6) is 0 Å². The normalized spacial score (nSPS) is 14.0. The van der Waals surface area contributed by atoms with Crippen LogP contribution in [0.1, 0.15) is 20.7 Å². The second-order valence-electron chi connectivity index (χ2n) is 7.04. The third kappa shape index (κ3) is 4.20. The van der Waals surface area contributed by atoms with Gasteiger partial charge in [0.05, 0.1) is 5.56 Å². The van der Waals surface area contributed by atoms with Crippen LogP contribution in [0.2, 0.25) is 0 Å². The first kappa shape index (κ1) is 19.3. The number of hydrogen-bond donors (Lipinski definition) is 1. The molecule has 29 heavy (non-hydrogen) atoms. The van der Waals surface area contributed by atoms with E-state index in [9.17, 15) is 9.59 Å². The molecule has 0 N–H and O–H groups in total. The maximum Gasteiger partial charge on any atom is 0.255 e. The number of benzene rings is 3. The average molecular weight is 403 g/mol. The van der Waals surface area contributed by atoms with Gasteiger partial charge in [0.25, 0.3) is 11.8 Å². The van der Waals surface area contributed by atoms with Gasteiger partial charge in [0.15, 0.2) is 0 Å². The topological polar surface area (TPSA) is 40.6 Å². The van der Waals surface area contributed by atoms with E-state index in [0.29, 0.717) is 42.2 Å². The third-order valence-corrected chi connectivity index (χ3v) is 5.62. The van der Waals surface area contributed by atoms with Gasteiger partial charge in [-0.2, -0.15) is 0 Å². The van der Waals surface area contributed by atoms with Crippen molar-refractivity contribution in [3.8, 4) is 11.1 Å². The second kappa shape index (κ2) is 8.53. The van der Waals surface area contributed by atoms with E-state index in [1.54, 1.807) is 11.0 Å². The molecule has 3 aromatic carbocycles. The minimum Gasteiger partial charge on any atom is -0.335 e. The number of hydrogen-bond acceptors (Lipinski definition) is 3. The van der Waals surface area contributed by atoms with Crippen LogP contribution in [0.4, 0.5) is 0 Å². The Morgan fingerprint density at radius 2 is 1.14 bits per heavy atom. The van der Waals surface area contributed by atoms with Crippen LogP contribution in [-0.2, 0) is 0 Å². The van der Waals surface area contributed by atoms with Gasteiger partial charge in [0, 0.05) is 36.6 Å². The Morgan fingerprint density at radius 3 is 1.76 bits per heavy atom. The summed E-state index contributed by atoms with van der Waals surface area (Å²) in [5.41, 5.74) is 3.49.